The number of nitrogens with two attached hydrogens (primary N) is 1. The van der Waals surface area contributed by atoms with Gasteiger partial charge in [0.05, 0.1) is 19.4 Å². The van der Waals surface area contributed by atoms with E-state index in [4.69, 9.17) is 10.5 Å². The van der Waals surface area contributed by atoms with Gasteiger partial charge < -0.3 is 15.0 Å². The van der Waals surface area contributed by atoms with Crippen LogP contribution in [0.4, 0.5) is 5.82 Å². The zero-order valence-corrected chi connectivity index (χ0v) is 13.8. The molecule has 112 valence electrons. The number of fused-ring (bicyclic) bond motifs is 1. The lowest BCUT2D eigenvalue weighted by atomic mass is 9.86. The summed E-state index contributed by atoms with van der Waals surface area (Å²) < 4.78 is 7.49. The number of aromatic nitrogens is 4. The first-order valence-corrected chi connectivity index (χ1v) is 7.91. The summed E-state index contributed by atoms with van der Waals surface area (Å²) in [5, 5.41) is 0. The van der Waals surface area contributed by atoms with Crippen molar-refractivity contribution in [3.05, 3.63) is 10.2 Å². The minimum atomic E-state index is -0.106. The van der Waals surface area contributed by atoms with Crippen LogP contribution in [-0.2, 0) is 9.53 Å². The predicted octanol–water partition coefficient (Wildman–Crippen LogP) is 1.92. The third-order valence-electron chi connectivity index (χ3n) is 4.05. The lowest BCUT2D eigenvalue weighted by Crippen LogP contribution is -2.24. The number of ether oxygens (including phenoxy) is 1. The highest BCUT2D eigenvalue weighted by Crippen LogP contribution is 2.34. The van der Waals surface area contributed by atoms with Crippen LogP contribution in [0.1, 0.15) is 31.7 Å². The molecule has 2 N–H and O–H groups in total. The van der Waals surface area contributed by atoms with Gasteiger partial charge in [0.15, 0.2) is 15.3 Å². The first-order chi connectivity index (χ1) is 10.1. The Hall–Kier alpha value is -1.45. The van der Waals surface area contributed by atoms with E-state index < -0.39 is 0 Å². The van der Waals surface area contributed by atoms with Gasteiger partial charge in [-0.2, -0.15) is 0 Å². The van der Waals surface area contributed by atoms with Gasteiger partial charge in [-0.3, -0.25) is 4.79 Å². The number of imidazole rings is 1. The van der Waals surface area contributed by atoms with Crippen LogP contribution in [-0.4, -0.2) is 32.6 Å². The van der Waals surface area contributed by atoms with E-state index in [2.05, 4.69) is 42.1 Å². The van der Waals surface area contributed by atoms with Crippen LogP contribution in [0.25, 0.3) is 11.2 Å². The number of nitrogen functional groups attached to an aromatic ring is 1. The summed E-state index contributed by atoms with van der Waals surface area (Å²) in [6.07, 6.45) is 5.25. The molecule has 0 aromatic carbocycles. The Bertz CT molecular complexity index is 678. The number of hydrogen-bond acceptors (Lipinski definition) is 6. The normalized spacial score (nSPS) is 22.4. The lowest BCUT2D eigenvalue weighted by molar-refractivity contribution is -0.146. The van der Waals surface area contributed by atoms with Crippen molar-refractivity contribution < 1.29 is 9.53 Å². The van der Waals surface area contributed by atoms with Gasteiger partial charge in [0.25, 0.3) is 0 Å². The standard InChI is InChI=1S/C13H16IN5O2/c1-21-12(20)7-2-4-8(5-3-7)19-6-16-9-10(15)17-13(14)18-11(9)19/h6-8H,2-5H2,1H3,(H2,15,17,18)/t7-,8+. The van der Waals surface area contributed by atoms with Crippen LogP contribution in [0.2, 0.25) is 0 Å². The molecular weight excluding hydrogens is 385 g/mol. The highest BCUT2D eigenvalue weighted by molar-refractivity contribution is 14.1. The molecule has 0 amide bonds. The highest BCUT2D eigenvalue weighted by Gasteiger charge is 2.28. The van der Waals surface area contributed by atoms with Crippen LogP contribution in [0, 0.1) is 9.75 Å². The van der Waals surface area contributed by atoms with E-state index in [9.17, 15) is 4.79 Å². The molecule has 3 rings (SSSR count). The minimum Gasteiger partial charge on any atom is -0.469 e. The number of rotatable bonds is 2. The number of esters is 1. The van der Waals surface area contributed by atoms with E-state index in [1.807, 2.05) is 0 Å². The highest BCUT2D eigenvalue weighted by atomic mass is 127. The number of anilines is 1. The van der Waals surface area contributed by atoms with Crippen molar-refractivity contribution in [1.82, 2.24) is 19.5 Å². The van der Waals surface area contributed by atoms with Crippen molar-refractivity contribution in [3.63, 3.8) is 0 Å². The van der Waals surface area contributed by atoms with Crippen molar-refractivity contribution in [3.8, 4) is 0 Å². The van der Waals surface area contributed by atoms with Crippen molar-refractivity contribution >= 4 is 45.5 Å². The third kappa shape index (κ3) is 2.68. The average molecular weight is 401 g/mol. The molecule has 0 aliphatic heterocycles. The molecule has 0 atom stereocenters. The summed E-state index contributed by atoms with van der Waals surface area (Å²) in [5.41, 5.74) is 7.30. The Morgan fingerprint density at radius 3 is 2.76 bits per heavy atom. The molecule has 0 spiro atoms. The summed E-state index contributed by atoms with van der Waals surface area (Å²) in [6.45, 7) is 0. The van der Waals surface area contributed by atoms with Crippen molar-refractivity contribution in [2.24, 2.45) is 5.92 Å². The molecule has 1 aliphatic carbocycles. The van der Waals surface area contributed by atoms with Crippen LogP contribution in [0.3, 0.4) is 0 Å². The summed E-state index contributed by atoms with van der Waals surface area (Å²) in [4.78, 5) is 24.5. The minimum absolute atomic E-state index is 0.0147. The van der Waals surface area contributed by atoms with Crippen LogP contribution >= 0.6 is 22.6 Å². The molecule has 7 nitrogen and oxygen atoms in total. The molecule has 8 heteroatoms. The Morgan fingerprint density at radius 2 is 2.10 bits per heavy atom. The summed E-state index contributed by atoms with van der Waals surface area (Å²) in [6, 6.07) is 0.293. The fraction of sp³-hybridized carbons (Fsp3) is 0.538. The number of methoxy groups -OCH3 is 1. The molecule has 0 saturated heterocycles. The van der Waals surface area contributed by atoms with Gasteiger partial charge in [-0.15, -0.1) is 0 Å². The van der Waals surface area contributed by atoms with E-state index in [1.54, 1.807) is 6.33 Å². The second-order valence-electron chi connectivity index (χ2n) is 5.23. The SMILES string of the molecule is COC(=O)[C@H]1CC[C@@H](n2cnc3c(N)nc(I)nc32)CC1. The van der Waals surface area contributed by atoms with Crippen LogP contribution in [0.5, 0.6) is 0 Å². The molecule has 0 unspecified atom stereocenters. The fourth-order valence-electron chi connectivity index (χ4n) is 2.93. The van der Waals surface area contributed by atoms with Crippen molar-refractivity contribution in [2.75, 3.05) is 12.8 Å². The Labute approximate surface area is 135 Å². The fourth-order valence-corrected chi connectivity index (χ4v) is 3.42. The van der Waals surface area contributed by atoms with Gasteiger partial charge in [0, 0.05) is 28.6 Å². The van der Waals surface area contributed by atoms with Gasteiger partial charge in [-0.1, -0.05) is 0 Å². The number of nitrogens with zero attached hydrogens (tertiary/aromatic N) is 4. The molecule has 1 aliphatic rings. The second kappa shape index (κ2) is 5.74. The first kappa shape index (κ1) is 14.5. The quantitative estimate of drug-likeness (QED) is 0.469. The summed E-state index contributed by atoms with van der Waals surface area (Å²) in [5.74, 6) is 0.317. The van der Waals surface area contributed by atoms with Crippen molar-refractivity contribution in [2.45, 2.75) is 31.7 Å². The van der Waals surface area contributed by atoms with Gasteiger partial charge in [-0.25, -0.2) is 15.0 Å². The van der Waals surface area contributed by atoms with Crippen LogP contribution in [0.15, 0.2) is 6.33 Å². The third-order valence-corrected chi connectivity index (χ3v) is 4.53. The van der Waals surface area contributed by atoms with Gasteiger partial charge in [0.1, 0.15) is 5.52 Å². The molecule has 1 saturated carbocycles. The molecule has 2 aromatic heterocycles. The molecular formula is C13H16IN5O2. The van der Waals surface area contributed by atoms with Gasteiger partial charge in [0.2, 0.25) is 0 Å². The van der Waals surface area contributed by atoms with E-state index in [0.29, 0.717) is 21.2 Å². The maximum Gasteiger partial charge on any atom is 0.308 e. The van der Waals surface area contributed by atoms with Gasteiger partial charge >= 0.3 is 5.97 Å². The predicted molar refractivity (Wildman–Crippen MR) is 85.5 cm³/mol. The Morgan fingerprint density at radius 1 is 1.38 bits per heavy atom. The maximum atomic E-state index is 11.6. The monoisotopic (exact) mass is 401 g/mol. The zero-order valence-electron chi connectivity index (χ0n) is 11.6. The second-order valence-corrected chi connectivity index (χ2v) is 6.20. The molecule has 2 aromatic rings. The number of carbonyl (C=O) groups is 1. The van der Waals surface area contributed by atoms with E-state index in [0.717, 1.165) is 31.3 Å². The lowest BCUT2D eigenvalue weighted by Gasteiger charge is -2.27. The smallest absolute Gasteiger partial charge is 0.308 e. The van der Waals surface area contributed by atoms with Crippen LogP contribution < -0.4 is 5.73 Å². The first-order valence-electron chi connectivity index (χ1n) is 6.83. The van der Waals surface area contributed by atoms with E-state index in [-0.39, 0.29) is 11.9 Å². The summed E-state index contributed by atoms with van der Waals surface area (Å²) in [7, 11) is 1.44. The average Bonchev–Trinajstić information content (AvgIpc) is 2.90. The Kier molecular flexibility index (Phi) is 3.96. The maximum absolute atomic E-state index is 11.6. The number of halogens is 1. The molecule has 1 fully saturated rings. The summed E-state index contributed by atoms with van der Waals surface area (Å²) >= 11 is 2.05. The molecule has 2 heterocycles. The van der Waals surface area contributed by atoms with E-state index in [1.165, 1.54) is 7.11 Å². The number of carbonyl (C=O) groups excluding carboxylic acids is 1. The van der Waals surface area contributed by atoms with Crippen molar-refractivity contribution in [1.29, 1.82) is 0 Å². The topological polar surface area (TPSA) is 95.9 Å². The molecule has 0 bridgehead atoms. The Balaban J connectivity index is 1.84. The van der Waals surface area contributed by atoms with Gasteiger partial charge in [-0.05, 0) is 25.7 Å². The van der Waals surface area contributed by atoms with E-state index >= 15 is 0 Å². The largest absolute Gasteiger partial charge is 0.469 e. The molecule has 21 heavy (non-hydrogen) atoms. The molecule has 0 radical (unpaired) electrons. The number of hydrogen-bond donors (Lipinski definition) is 1. The zero-order chi connectivity index (χ0) is 15.0.